The topological polar surface area (TPSA) is 50.7 Å². The SMILES string of the molecule is Cc1cc(C)cc(NCc2cc3c(cc2O)OCO3)c1. The molecule has 4 heteroatoms. The quantitative estimate of drug-likeness (QED) is 0.899. The molecule has 4 nitrogen and oxygen atoms in total. The molecule has 0 amide bonds. The van der Waals surface area contributed by atoms with Gasteiger partial charge in [0.25, 0.3) is 0 Å². The predicted molar refractivity (Wildman–Crippen MR) is 77.5 cm³/mol. The van der Waals surface area contributed by atoms with E-state index in [1.54, 1.807) is 6.07 Å². The van der Waals surface area contributed by atoms with Crippen LogP contribution in [0.2, 0.25) is 0 Å². The van der Waals surface area contributed by atoms with Crippen molar-refractivity contribution in [2.24, 2.45) is 0 Å². The third-order valence-corrected chi connectivity index (χ3v) is 3.28. The Morgan fingerprint density at radius 3 is 2.35 bits per heavy atom. The van der Waals surface area contributed by atoms with Gasteiger partial charge in [0.1, 0.15) is 5.75 Å². The highest BCUT2D eigenvalue weighted by Crippen LogP contribution is 2.37. The molecule has 0 fully saturated rings. The molecule has 104 valence electrons. The number of nitrogens with one attached hydrogen (secondary N) is 1. The third kappa shape index (κ3) is 2.50. The zero-order valence-electron chi connectivity index (χ0n) is 11.6. The Morgan fingerprint density at radius 2 is 1.65 bits per heavy atom. The summed E-state index contributed by atoms with van der Waals surface area (Å²) in [5.74, 6) is 1.49. The highest BCUT2D eigenvalue weighted by Gasteiger charge is 2.16. The molecule has 0 unspecified atom stereocenters. The first-order valence-corrected chi connectivity index (χ1v) is 6.55. The highest BCUT2D eigenvalue weighted by atomic mass is 16.7. The second kappa shape index (κ2) is 4.96. The summed E-state index contributed by atoms with van der Waals surface area (Å²) in [5.41, 5.74) is 4.25. The summed E-state index contributed by atoms with van der Waals surface area (Å²) in [6.45, 7) is 4.88. The Kier molecular flexibility index (Phi) is 3.14. The fraction of sp³-hybridized carbons (Fsp3) is 0.250. The first-order valence-electron chi connectivity index (χ1n) is 6.55. The second-order valence-electron chi connectivity index (χ2n) is 5.06. The number of hydrogen-bond donors (Lipinski definition) is 2. The molecule has 0 atom stereocenters. The lowest BCUT2D eigenvalue weighted by molar-refractivity contribution is 0.174. The van der Waals surface area contributed by atoms with Gasteiger partial charge in [-0.05, 0) is 43.2 Å². The van der Waals surface area contributed by atoms with E-state index in [4.69, 9.17) is 9.47 Å². The van der Waals surface area contributed by atoms with E-state index in [2.05, 4.69) is 37.4 Å². The van der Waals surface area contributed by atoms with Crippen LogP contribution in [0.15, 0.2) is 30.3 Å². The molecular formula is C16H17NO3. The largest absolute Gasteiger partial charge is 0.507 e. The van der Waals surface area contributed by atoms with Gasteiger partial charge in [0.2, 0.25) is 6.79 Å². The first-order chi connectivity index (χ1) is 9.61. The molecule has 2 aromatic carbocycles. The minimum Gasteiger partial charge on any atom is -0.507 e. The number of rotatable bonds is 3. The van der Waals surface area contributed by atoms with Gasteiger partial charge in [-0.3, -0.25) is 0 Å². The van der Waals surface area contributed by atoms with Crippen molar-refractivity contribution >= 4 is 5.69 Å². The van der Waals surface area contributed by atoms with Crippen molar-refractivity contribution < 1.29 is 14.6 Å². The van der Waals surface area contributed by atoms with Gasteiger partial charge in [0.15, 0.2) is 11.5 Å². The Bertz CT molecular complexity index is 632. The van der Waals surface area contributed by atoms with E-state index in [1.807, 2.05) is 6.07 Å². The monoisotopic (exact) mass is 271 g/mol. The number of fused-ring (bicyclic) bond motifs is 1. The van der Waals surface area contributed by atoms with E-state index in [1.165, 1.54) is 11.1 Å². The first kappa shape index (κ1) is 12.7. The molecule has 0 aromatic heterocycles. The van der Waals surface area contributed by atoms with Crippen LogP contribution in [0.3, 0.4) is 0 Å². The zero-order chi connectivity index (χ0) is 14.1. The molecule has 1 aliphatic rings. The van der Waals surface area contributed by atoms with Crippen LogP contribution < -0.4 is 14.8 Å². The second-order valence-corrected chi connectivity index (χ2v) is 5.06. The minimum atomic E-state index is 0.211. The van der Waals surface area contributed by atoms with Gasteiger partial charge in [-0.1, -0.05) is 6.07 Å². The third-order valence-electron chi connectivity index (χ3n) is 3.28. The number of ether oxygens (including phenoxy) is 2. The van der Waals surface area contributed by atoms with E-state index in [9.17, 15) is 5.11 Å². The van der Waals surface area contributed by atoms with Gasteiger partial charge in [-0.2, -0.15) is 0 Å². The molecule has 0 saturated carbocycles. The standard InChI is InChI=1S/C16H17NO3/c1-10-3-11(2)5-13(4-10)17-8-12-6-15-16(7-14(12)18)20-9-19-15/h3-7,17-18H,8-9H2,1-2H3. The average Bonchev–Trinajstić information content (AvgIpc) is 2.81. The van der Waals surface area contributed by atoms with Gasteiger partial charge >= 0.3 is 0 Å². The van der Waals surface area contributed by atoms with Crippen molar-refractivity contribution in [2.75, 3.05) is 12.1 Å². The summed E-state index contributed by atoms with van der Waals surface area (Å²) in [5, 5.41) is 13.3. The molecule has 20 heavy (non-hydrogen) atoms. The molecule has 2 N–H and O–H groups in total. The predicted octanol–water partition coefficient (Wildman–Crippen LogP) is 3.35. The Balaban J connectivity index is 1.78. The Morgan fingerprint density at radius 1 is 1.00 bits per heavy atom. The minimum absolute atomic E-state index is 0.211. The molecule has 0 saturated heterocycles. The number of anilines is 1. The molecule has 2 aromatic rings. The number of phenolic OH excluding ortho intramolecular Hbond substituents is 1. The van der Waals surface area contributed by atoms with Crippen LogP contribution in [0.25, 0.3) is 0 Å². The molecule has 0 radical (unpaired) electrons. The number of hydrogen-bond acceptors (Lipinski definition) is 4. The van der Waals surface area contributed by atoms with Gasteiger partial charge in [-0.25, -0.2) is 0 Å². The van der Waals surface area contributed by atoms with Crippen LogP contribution in [-0.4, -0.2) is 11.9 Å². The summed E-state index contributed by atoms with van der Waals surface area (Å²) in [7, 11) is 0. The van der Waals surface area contributed by atoms with Crippen molar-refractivity contribution in [3.63, 3.8) is 0 Å². The summed E-state index contributed by atoms with van der Waals surface area (Å²) in [4.78, 5) is 0. The van der Waals surface area contributed by atoms with Crippen molar-refractivity contribution in [3.8, 4) is 17.2 Å². The average molecular weight is 271 g/mol. The van der Waals surface area contributed by atoms with E-state index in [-0.39, 0.29) is 12.5 Å². The van der Waals surface area contributed by atoms with Gasteiger partial charge in [0.05, 0.1) is 0 Å². The van der Waals surface area contributed by atoms with Crippen molar-refractivity contribution in [2.45, 2.75) is 20.4 Å². The number of phenols is 1. The van der Waals surface area contributed by atoms with Crippen molar-refractivity contribution in [1.29, 1.82) is 0 Å². The van der Waals surface area contributed by atoms with E-state index in [0.29, 0.717) is 18.0 Å². The lowest BCUT2D eigenvalue weighted by atomic mass is 10.1. The summed E-state index contributed by atoms with van der Waals surface area (Å²) in [6.07, 6.45) is 0. The summed E-state index contributed by atoms with van der Waals surface area (Å²) >= 11 is 0. The number of aromatic hydroxyl groups is 1. The van der Waals surface area contributed by atoms with Crippen LogP contribution in [0.5, 0.6) is 17.2 Å². The molecule has 1 heterocycles. The Labute approximate surface area is 118 Å². The number of aryl methyl sites for hydroxylation is 2. The fourth-order valence-corrected chi connectivity index (χ4v) is 2.39. The Hall–Kier alpha value is -2.36. The van der Waals surface area contributed by atoms with E-state index < -0.39 is 0 Å². The highest BCUT2D eigenvalue weighted by molar-refractivity contribution is 5.54. The summed E-state index contributed by atoms with van der Waals surface area (Å²) < 4.78 is 10.5. The normalized spacial score (nSPS) is 12.5. The lowest BCUT2D eigenvalue weighted by Crippen LogP contribution is -2.00. The van der Waals surface area contributed by atoms with Crippen LogP contribution in [-0.2, 0) is 6.54 Å². The zero-order valence-corrected chi connectivity index (χ0v) is 11.6. The maximum absolute atomic E-state index is 9.99. The van der Waals surface area contributed by atoms with E-state index >= 15 is 0 Å². The molecule has 1 aliphatic heterocycles. The lowest BCUT2D eigenvalue weighted by Gasteiger charge is -2.10. The van der Waals surface area contributed by atoms with Crippen LogP contribution in [0.4, 0.5) is 5.69 Å². The smallest absolute Gasteiger partial charge is 0.231 e. The van der Waals surface area contributed by atoms with Crippen LogP contribution in [0, 0.1) is 13.8 Å². The van der Waals surface area contributed by atoms with Crippen molar-refractivity contribution in [1.82, 2.24) is 0 Å². The van der Waals surface area contributed by atoms with Crippen molar-refractivity contribution in [3.05, 3.63) is 47.0 Å². The van der Waals surface area contributed by atoms with Gasteiger partial charge in [0, 0.05) is 23.9 Å². The van der Waals surface area contributed by atoms with E-state index in [0.717, 1.165) is 11.3 Å². The maximum Gasteiger partial charge on any atom is 0.231 e. The molecule has 3 rings (SSSR count). The molecule has 0 aliphatic carbocycles. The molecule has 0 bridgehead atoms. The molecular weight excluding hydrogens is 254 g/mol. The summed E-state index contributed by atoms with van der Waals surface area (Å²) in [6, 6.07) is 9.70. The van der Waals surface area contributed by atoms with Gasteiger partial charge < -0.3 is 19.9 Å². The molecule has 0 spiro atoms. The number of benzene rings is 2. The fourth-order valence-electron chi connectivity index (χ4n) is 2.39. The van der Waals surface area contributed by atoms with Crippen LogP contribution in [0.1, 0.15) is 16.7 Å². The van der Waals surface area contributed by atoms with Crippen LogP contribution >= 0.6 is 0 Å². The maximum atomic E-state index is 9.99. The van der Waals surface area contributed by atoms with Gasteiger partial charge in [-0.15, -0.1) is 0 Å².